The van der Waals surface area contributed by atoms with E-state index in [-0.39, 0.29) is 30.3 Å². The lowest BCUT2D eigenvalue weighted by Crippen LogP contribution is -2.34. The van der Waals surface area contributed by atoms with Crippen LogP contribution in [0, 0.1) is 5.92 Å². The maximum absolute atomic E-state index is 12.4. The normalized spacial score (nSPS) is 21.1. The first-order chi connectivity index (χ1) is 11.2. The third-order valence-corrected chi connectivity index (χ3v) is 4.59. The molecule has 24 heavy (non-hydrogen) atoms. The molecule has 2 N–H and O–H groups in total. The summed E-state index contributed by atoms with van der Waals surface area (Å²) in [6.07, 6.45) is 3.95. The zero-order chi connectivity index (χ0) is 16.1. The van der Waals surface area contributed by atoms with Crippen LogP contribution in [-0.2, 0) is 9.53 Å². The second kappa shape index (κ2) is 9.47. The standard InChI is InChI=1S/C17H23ClN2O3.ClH/c18-13-3-4-16(23-11-14-2-1-9-22-14)15(10-13)20-17(21)12-5-7-19-8-6-12;/h3-4,10,12,14,19H,1-2,5-9,11H2,(H,20,21);1H. The molecule has 134 valence electrons. The predicted octanol–water partition coefficient (Wildman–Crippen LogP) is 3.26. The molecule has 2 aliphatic heterocycles. The third-order valence-electron chi connectivity index (χ3n) is 4.36. The Morgan fingerprint density at radius 3 is 2.83 bits per heavy atom. The number of benzene rings is 1. The average molecular weight is 375 g/mol. The lowest BCUT2D eigenvalue weighted by molar-refractivity contribution is -0.120. The van der Waals surface area contributed by atoms with Crippen molar-refractivity contribution in [3.05, 3.63) is 23.2 Å². The van der Waals surface area contributed by atoms with Crippen LogP contribution in [0.1, 0.15) is 25.7 Å². The topological polar surface area (TPSA) is 59.6 Å². The van der Waals surface area contributed by atoms with E-state index in [0.717, 1.165) is 45.4 Å². The van der Waals surface area contributed by atoms with Gasteiger partial charge in [0.2, 0.25) is 5.91 Å². The molecular formula is C17H24Cl2N2O3. The van der Waals surface area contributed by atoms with Gasteiger partial charge in [0.1, 0.15) is 12.4 Å². The highest BCUT2D eigenvalue weighted by atomic mass is 35.5. The van der Waals surface area contributed by atoms with E-state index in [9.17, 15) is 4.79 Å². The SMILES string of the molecule is Cl.O=C(Nc1cc(Cl)ccc1OCC1CCCO1)C1CCNCC1. The van der Waals surface area contributed by atoms with E-state index in [1.54, 1.807) is 18.2 Å². The number of ether oxygens (including phenoxy) is 2. The Morgan fingerprint density at radius 1 is 1.33 bits per heavy atom. The van der Waals surface area contributed by atoms with Crippen molar-refractivity contribution in [1.82, 2.24) is 5.32 Å². The van der Waals surface area contributed by atoms with Gasteiger partial charge in [0.25, 0.3) is 0 Å². The minimum Gasteiger partial charge on any atom is -0.489 e. The van der Waals surface area contributed by atoms with Crippen molar-refractivity contribution < 1.29 is 14.3 Å². The maximum atomic E-state index is 12.4. The van der Waals surface area contributed by atoms with Crippen molar-refractivity contribution in [3.63, 3.8) is 0 Å². The second-order valence-electron chi connectivity index (χ2n) is 6.10. The largest absolute Gasteiger partial charge is 0.489 e. The number of piperidine rings is 1. The maximum Gasteiger partial charge on any atom is 0.227 e. The summed E-state index contributed by atoms with van der Waals surface area (Å²) >= 11 is 6.07. The molecule has 0 bridgehead atoms. The Kier molecular flexibility index (Phi) is 7.62. The van der Waals surface area contributed by atoms with Crippen molar-refractivity contribution >= 4 is 35.6 Å². The molecule has 3 rings (SSSR count). The van der Waals surface area contributed by atoms with E-state index in [2.05, 4.69) is 10.6 Å². The van der Waals surface area contributed by atoms with Crippen LogP contribution in [0.5, 0.6) is 5.75 Å². The fraction of sp³-hybridized carbons (Fsp3) is 0.588. The number of anilines is 1. The number of amides is 1. The van der Waals surface area contributed by atoms with Gasteiger partial charge in [-0.15, -0.1) is 12.4 Å². The van der Waals surface area contributed by atoms with E-state index >= 15 is 0 Å². The van der Waals surface area contributed by atoms with Crippen LogP contribution in [0.3, 0.4) is 0 Å². The Hall–Kier alpha value is -1.01. The minimum absolute atomic E-state index is 0. The average Bonchev–Trinajstić information content (AvgIpc) is 3.08. The Balaban J connectivity index is 0.00000208. The van der Waals surface area contributed by atoms with Crippen molar-refractivity contribution in [2.24, 2.45) is 5.92 Å². The van der Waals surface area contributed by atoms with Crippen molar-refractivity contribution in [2.75, 3.05) is 31.6 Å². The molecule has 0 radical (unpaired) electrons. The van der Waals surface area contributed by atoms with Gasteiger partial charge in [0, 0.05) is 17.5 Å². The molecule has 1 atom stereocenters. The molecule has 2 aliphatic rings. The van der Waals surface area contributed by atoms with Crippen LogP contribution in [0.15, 0.2) is 18.2 Å². The van der Waals surface area contributed by atoms with Gasteiger partial charge in [-0.1, -0.05) is 11.6 Å². The van der Waals surface area contributed by atoms with E-state index in [1.807, 2.05) is 0 Å². The zero-order valence-electron chi connectivity index (χ0n) is 13.6. The van der Waals surface area contributed by atoms with Crippen LogP contribution in [0.2, 0.25) is 5.02 Å². The molecule has 2 saturated heterocycles. The lowest BCUT2D eigenvalue weighted by Gasteiger charge is -2.22. The van der Waals surface area contributed by atoms with Crippen LogP contribution < -0.4 is 15.4 Å². The van der Waals surface area contributed by atoms with E-state index < -0.39 is 0 Å². The second-order valence-corrected chi connectivity index (χ2v) is 6.54. The first-order valence-electron chi connectivity index (χ1n) is 8.28. The molecule has 0 spiro atoms. The molecule has 0 saturated carbocycles. The number of rotatable bonds is 5. The Bertz CT molecular complexity index is 545. The summed E-state index contributed by atoms with van der Waals surface area (Å²) in [4.78, 5) is 12.4. The highest BCUT2D eigenvalue weighted by molar-refractivity contribution is 6.31. The summed E-state index contributed by atoms with van der Waals surface area (Å²) in [5.41, 5.74) is 0.638. The fourth-order valence-electron chi connectivity index (χ4n) is 3.00. The lowest BCUT2D eigenvalue weighted by atomic mass is 9.97. The summed E-state index contributed by atoms with van der Waals surface area (Å²) in [6, 6.07) is 5.31. The zero-order valence-corrected chi connectivity index (χ0v) is 15.1. The van der Waals surface area contributed by atoms with Gasteiger partial charge in [0.15, 0.2) is 0 Å². The van der Waals surface area contributed by atoms with Gasteiger partial charge in [-0.25, -0.2) is 0 Å². The Morgan fingerprint density at radius 2 is 2.12 bits per heavy atom. The van der Waals surface area contributed by atoms with Crippen LogP contribution in [-0.4, -0.2) is 38.3 Å². The van der Waals surface area contributed by atoms with Crippen molar-refractivity contribution in [1.29, 1.82) is 0 Å². The molecule has 1 amide bonds. The molecule has 1 aromatic carbocycles. The molecule has 0 aliphatic carbocycles. The molecule has 7 heteroatoms. The first kappa shape index (κ1) is 19.3. The third kappa shape index (κ3) is 5.24. The summed E-state index contributed by atoms with van der Waals surface area (Å²) in [7, 11) is 0. The molecular weight excluding hydrogens is 351 g/mol. The number of nitrogens with one attached hydrogen (secondary N) is 2. The summed E-state index contributed by atoms with van der Waals surface area (Å²) in [5, 5.41) is 6.82. The summed E-state index contributed by atoms with van der Waals surface area (Å²) < 4.78 is 11.4. The number of hydrogen-bond acceptors (Lipinski definition) is 4. The van der Waals surface area contributed by atoms with Gasteiger partial charge < -0.3 is 20.1 Å². The number of carbonyl (C=O) groups excluding carboxylic acids is 1. The van der Waals surface area contributed by atoms with Crippen LogP contribution >= 0.6 is 24.0 Å². The van der Waals surface area contributed by atoms with E-state index in [4.69, 9.17) is 21.1 Å². The molecule has 0 aromatic heterocycles. The number of carbonyl (C=O) groups is 1. The Labute approximate surface area is 153 Å². The first-order valence-corrected chi connectivity index (χ1v) is 8.66. The summed E-state index contributed by atoms with van der Waals surface area (Å²) in [5.74, 6) is 0.726. The minimum atomic E-state index is 0. The fourth-order valence-corrected chi connectivity index (χ4v) is 3.18. The molecule has 2 fully saturated rings. The predicted molar refractivity (Wildman–Crippen MR) is 97.4 cm³/mol. The monoisotopic (exact) mass is 374 g/mol. The molecule has 1 aromatic rings. The van der Waals surface area contributed by atoms with Crippen LogP contribution in [0.25, 0.3) is 0 Å². The van der Waals surface area contributed by atoms with Crippen LogP contribution in [0.4, 0.5) is 5.69 Å². The van der Waals surface area contributed by atoms with E-state index in [0.29, 0.717) is 23.1 Å². The molecule has 2 heterocycles. The number of halogens is 2. The summed E-state index contributed by atoms with van der Waals surface area (Å²) in [6.45, 7) is 3.07. The van der Waals surface area contributed by atoms with E-state index in [1.165, 1.54) is 0 Å². The molecule has 5 nitrogen and oxygen atoms in total. The van der Waals surface area contributed by atoms with Gasteiger partial charge in [-0.05, 0) is 57.0 Å². The highest BCUT2D eigenvalue weighted by Crippen LogP contribution is 2.30. The quantitative estimate of drug-likeness (QED) is 0.830. The van der Waals surface area contributed by atoms with Crippen molar-refractivity contribution in [2.45, 2.75) is 31.8 Å². The van der Waals surface area contributed by atoms with Gasteiger partial charge in [-0.3, -0.25) is 4.79 Å². The van der Waals surface area contributed by atoms with Gasteiger partial charge in [-0.2, -0.15) is 0 Å². The smallest absolute Gasteiger partial charge is 0.227 e. The number of hydrogen-bond donors (Lipinski definition) is 2. The molecule has 1 unspecified atom stereocenters. The van der Waals surface area contributed by atoms with Crippen molar-refractivity contribution in [3.8, 4) is 5.75 Å². The van der Waals surface area contributed by atoms with Gasteiger partial charge >= 0.3 is 0 Å². The highest BCUT2D eigenvalue weighted by Gasteiger charge is 2.22. The van der Waals surface area contributed by atoms with Gasteiger partial charge in [0.05, 0.1) is 11.8 Å².